The van der Waals surface area contributed by atoms with Crippen molar-refractivity contribution in [3.05, 3.63) is 53.4 Å². The van der Waals surface area contributed by atoms with Crippen LogP contribution in [0.1, 0.15) is 66.3 Å². The van der Waals surface area contributed by atoms with Crippen LogP contribution in [0, 0.1) is 0 Å². The van der Waals surface area contributed by atoms with Gasteiger partial charge in [0.05, 0.1) is 0 Å². The maximum absolute atomic E-state index is 12.7. The van der Waals surface area contributed by atoms with Crippen molar-refractivity contribution in [1.82, 2.24) is 10.1 Å². The van der Waals surface area contributed by atoms with E-state index in [4.69, 9.17) is 4.52 Å². The van der Waals surface area contributed by atoms with Gasteiger partial charge in [-0.1, -0.05) is 35.5 Å². The van der Waals surface area contributed by atoms with E-state index in [2.05, 4.69) is 36.3 Å². The zero-order valence-electron chi connectivity index (χ0n) is 13.4. The van der Waals surface area contributed by atoms with E-state index >= 15 is 0 Å². The second-order valence-electron chi connectivity index (χ2n) is 6.87. The lowest BCUT2D eigenvalue weighted by Gasteiger charge is -2.37. The molecule has 2 fully saturated rings. The first-order valence-corrected chi connectivity index (χ1v) is 8.55. The standard InChI is InChI=1S/C19H22N2O2/c1-13-11-16(14-5-3-2-4-6-14)9-10-21(13)19(22)17-12-18(23-20-17)15-7-8-15/h2-6,12-13,15-16H,7-11H2,1H3/t13-,16+/m0/s1. The first-order valence-electron chi connectivity index (χ1n) is 8.55. The molecule has 1 amide bonds. The second kappa shape index (κ2) is 5.84. The molecule has 4 rings (SSSR count). The Balaban J connectivity index is 1.44. The summed E-state index contributed by atoms with van der Waals surface area (Å²) in [6.07, 6.45) is 4.32. The molecule has 1 saturated carbocycles. The quantitative estimate of drug-likeness (QED) is 0.862. The summed E-state index contributed by atoms with van der Waals surface area (Å²) in [5, 5.41) is 4.00. The molecule has 0 unspecified atom stereocenters. The van der Waals surface area contributed by atoms with Crippen molar-refractivity contribution in [3.8, 4) is 0 Å². The molecule has 0 radical (unpaired) electrons. The van der Waals surface area contributed by atoms with Gasteiger partial charge < -0.3 is 9.42 Å². The van der Waals surface area contributed by atoms with Crippen LogP contribution in [-0.4, -0.2) is 28.6 Å². The third kappa shape index (κ3) is 2.90. The maximum Gasteiger partial charge on any atom is 0.276 e. The molecule has 1 aromatic heterocycles. The third-order valence-corrected chi connectivity index (χ3v) is 5.14. The van der Waals surface area contributed by atoms with Crippen LogP contribution in [-0.2, 0) is 0 Å². The lowest BCUT2D eigenvalue weighted by atomic mass is 9.86. The Bertz CT molecular complexity index is 690. The van der Waals surface area contributed by atoms with Crippen LogP contribution in [0.15, 0.2) is 40.9 Å². The summed E-state index contributed by atoms with van der Waals surface area (Å²) in [6, 6.07) is 12.7. The fraction of sp³-hybridized carbons (Fsp3) is 0.474. The van der Waals surface area contributed by atoms with Crippen LogP contribution in [0.5, 0.6) is 0 Å². The first kappa shape index (κ1) is 14.5. The van der Waals surface area contributed by atoms with Crippen LogP contribution < -0.4 is 0 Å². The molecule has 23 heavy (non-hydrogen) atoms. The Morgan fingerprint density at radius 1 is 1.17 bits per heavy atom. The number of carbonyl (C=O) groups is 1. The Labute approximate surface area is 136 Å². The lowest BCUT2D eigenvalue weighted by Crippen LogP contribution is -2.44. The van der Waals surface area contributed by atoms with Crippen LogP contribution in [0.4, 0.5) is 0 Å². The first-order chi connectivity index (χ1) is 11.2. The molecule has 4 heteroatoms. The number of rotatable bonds is 3. The van der Waals surface area contributed by atoms with Crippen molar-refractivity contribution in [2.45, 2.75) is 50.5 Å². The molecule has 1 aliphatic carbocycles. The average molecular weight is 310 g/mol. The topological polar surface area (TPSA) is 46.3 Å². The van der Waals surface area contributed by atoms with Crippen LogP contribution in [0.2, 0.25) is 0 Å². The molecular weight excluding hydrogens is 288 g/mol. The van der Waals surface area contributed by atoms with Crippen LogP contribution in [0.25, 0.3) is 0 Å². The highest BCUT2D eigenvalue weighted by molar-refractivity contribution is 5.92. The van der Waals surface area contributed by atoms with Gasteiger partial charge >= 0.3 is 0 Å². The van der Waals surface area contributed by atoms with Crippen LogP contribution in [0.3, 0.4) is 0 Å². The number of likely N-dealkylation sites (tertiary alicyclic amines) is 1. The van der Waals surface area contributed by atoms with Crippen molar-refractivity contribution in [2.75, 3.05) is 6.54 Å². The summed E-state index contributed by atoms with van der Waals surface area (Å²) < 4.78 is 5.33. The Kier molecular flexibility index (Phi) is 3.68. The number of nitrogens with zero attached hydrogens (tertiary/aromatic N) is 2. The van der Waals surface area contributed by atoms with Crippen molar-refractivity contribution < 1.29 is 9.32 Å². The largest absolute Gasteiger partial charge is 0.360 e. The number of benzene rings is 1. The van der Waals surface area contributed by atoms with Gasteiger partial charge in [-0.15, -0.1) is 0 Å². The predicted molar refractivity (Wildman–Crippen MR) is 87.4 cm³/mol. The molecule has 0 bridgehead atoms. The summed E-state index contributed by atoms with van der Waals surface area (Å²) in [5.74, 6) is 1.92. The lowest BCUT2D eigenvalue weighted by molar-refractivity contribution is 0.0605. The molecule has 4 nitrogen and oxygen atoms in total. The molecule has 2 atom stereocenters. The van der Waals surface area contributed by atoms with E-state index in [1.165, 1.54) is 5.56 Å². The zero-order chi connectivity index (χ0) is 15.8. The number of piperidine rings is 1. The maximum atomic E-state index is 12.7. The van der Waals surface area contributed by atoms with Gasteiger partial charge in [0.1, 0.15) is 5.76 Å². The minimum Gasteiger partial charge on any atom is -0.360 e. The summed E-state index contributed by atoms with van der Waals surface area (Å²) in [6.45, 7) is 2.92. The molecular formula is C19H22N2O2. The minimum atomic E-state index is 0.0136. The molecule has 1 saturated heterocycles. The van der Waals surface area contributed by atoms with Gasteiger partial charge in [-0.25, -0.2) is 0 Å². The van der Waals surface area contributed by atoms with Gasteiger partial charge in [-0.3, -0.25) is 4.79 Å². The van der Waals surface area contributed by atoms with E-state index in [0.717, 1.165) is 38.0 Å². The van der Waals surface area contributed by atoms with Gasteiger partial charge in [-0.2, -0.15) is 0 Å². The molecule has 0 spiro atoms. The predicted octanol–water partition coefficient (Wildman–Crippen LogP) is 3.96. The highest BCUT2D eigenvalue weighted by Gasteiger charge is 2.33. The van der Waals surface area contributed by atoms with E-state index in [-0.39, 0.29) is 11.9 Å². The number of amides is 1. The van der Waals surface area contributed by atoms with Crippen molar-refractivity contribution in [3.63, 3.8) is 0 Å². The molecule has 2 aromatic rings. The molecule has 2 aliphatic rings. The SMILES string of the molecule is C[C@H]1C[C@H](c2ccccc2)CCN1C(=O)c1cc(C2CC2)on1. The van der Waals surface area contributed by atoms with Crippen molar-refractivity contribution in [1.29, 1.82) is 0 Å². The van der Waals surface area contributed by atoms with Gasteiger partial charge in [0, 0.05) is 24.6 Å². The van der Waals surface area contributed by atoms with E-state index in [0.29, 0.717) is 17.5 Å². The molecule has 2 heterocycles. The zero-order valence-corrected chi connectivity index (χ0v) is 13.4. The van der Waals surface area contributed by atoms with Gasteiger partial charge in [0.15, 0.2) is 5.69 Å². The van der Waals surface area contributed by atoms with E-state index in [1.54, 1.807) is 0 Å². The number of aromatic nitrogens is 1. The Morgan fingerprint density at radius 2 is 1.96 bits per heavy atom. The van der Waals surface area contributed by atoms with E-state index < -0.39 is 0 Å². The number of hydrogen-bond donors (Lipinski definition) is 0. The van der Waals surface area contributed by atoms with Gasteiger partial charge in [-0.05, 0) is 44.1 Å². The summed E-state index contributed by atoms with van der Waals surface area (Å²) in [4.78, 5) is 14.7. The molecule has 1 aliphatic heterocycles. The fourth-order valence-corrected chi connectivity index (χ4v) is 3.60. The summed E-state index contributed by atoms with van der Waals surface area (Å²) in [7, 11) is 0. The molecule has 0 N–H and O–H groups in total. The van der Waals surface area contributed by atoms with Gasteiger partial charge in [0.2, 0.25) is 0 Å². The van der Waals surface area contributed by atoms with Gasteiger partial charge in [0.25, 0.3) is 5.91 Å². The smallest absolute Gasteiger partial charge is 0.276 e. The normalized spacial score (nSPS) is 24.7. The molecule has 120 valence electrons. The average Bonchev–Trinajstić information content (AvgIpc) is 3.32. The highest BCUT2D eigenvalue weighted by Crippen LogP contribution is 2.40. The van der Waals surface area contributed by atoms with E-state index in [1.807, 2.05) is 17.0 Å². The molecule has 1 aromatic carbocycles. The fourth-order valence-electron chi connectivity index (χ4n) is 3.60. The number of carbonyl (C=O) groups excluding carboxylic acids is 1. The third-order valence-electron chi connectivity index (χ3n) is 5.14. The van der Waals surface area contributed by atoms with Crippen molar-refractivity contribution in [2.24, 2.45) is 0 Å². The Morgan fingerprint density at radius 3 is 2.65 bits per heavy atom. The minimum absolute atomic E-state index is 0.0136. The summed E-state index contributed by atoms with van der Waals surface area (Å²) >= 11 is 0. The summed E-state index contributed by atoms with van der Waals surface area (Å²) in [5.41, 5.74) is 1.85. The highest BCUT2D eigenvalue weighted by atomic mass is 16.5. The number of hydrogen-bond acceptors (Lipinski definition) is 3. The van der Waals surface area contributed by atoms with Crippen molar-refractivity contribution >= 4 is 5.91 Å². The van der Waals surface area contributed by atoms with E-state index in [9.17, 15) is 4.79 Å². The second-order valence-corrected chi connectivity index (χ2v) is 6.87. The van der Waals surface area contributed by atoms with Crippen LogP contribution >= 0.6 is 0 Å². The Hall–Kier alpha value is -2.10. The monoisotopic (exact) mass is 310 g/mol.